The second-order valence-corrected chi connectivity index (χ2v) is 7.27. The van der Waals surface area contributed by atoms with Gasteiger partial charge in [-0.1, -0.05) is 60.3 Å². The number of nitrogens with zero attached hydrogens (tertiary/aromatic N) is 3. The molecule has 128 valence electrons. The lowest BCUT2D eigenvalue weighted by molar-refractivity contribution is 0.616. The van der Waals surface area contributed by atoms with E-state index < -0.39 is 0 Å². The largest absolute Gasteiger partial charge is 0.306 e. The van der Waals surface area contributed by atoms with Gasteiger partial charge in [-0.3, -0.25) is 0 Å². The lowest BCUT2D eigenvalue weighted by Gasteiger charge is -2.07. The Labute approximate surface area is 151 Å². The van der Waals surface area contributed by atoms with Gasteiger partial charge < -0.3 is 4.57 Å². The van der Waals surface area contributed by atoms with E-state index in [1.54, 1.807) is 17.8 Å². The number of halogens is 1. The highest BCUT2D eigenvalue weighted by atomic mass is 32.2. The fourth-order valence-electron chi connectivity index (χ4n) is 3.29. The molecule has 2 atom stereocenters. The van der Waals surface area contributed by atoms with Crippen molar-refractivity contribution in [1.82, 2.24) is 14.8 Å². The molecule has 1 aliphatic rings. The van der Waals surface area contributed by atoms with Crippen LogP contribution in [0.4, 0.5) is 4.39 Å². The van der Waals surface area contributed by atoms with Gasteiger partial charge in [-0.05, 0) is 36.5 Å². The number of rotatable bonds is 6. The highest BCUT2D eigenvalue weighted by Gasteiger charge is 2.43. The third-order valence-corrected chi connectivity index (χ3v) is 5.74. The molecule has 2 aromatic carbocycles. The van der Waals surface area contributed by atoms with E-state index in [-0.39, 0.29) is 5.82 Å². The van der Waals surface area contributed by atoms with Gasteiger partial charge in [0.15, 0.2) is 5.16 Å². The number of benzene rings is 2. The lowest BCUT2D eigenvalue weighted by atomic mass is 10.1. The molecule has 1 aromatic heterocycles. The predicted octanol–water partition coefficient (Wildman–Crippen LogP) is 5.00. The molecule has 2 unspecified atom stereocenters. The normalized spacial score (nSPS) is 19.1. The van der Waals surface area contributed by atoms with E-state index in [1.165, 1.54) is 11.6 Å². The SMILES string of the molecule is CCn1c(SCc2ccccc2F)nnc1C1CC1c1ccccc1. The van der Waals surface area contributed by atoms with E-state index in [4.69, 9.17) is 0 Å². The Morgan fingerprint density at radius 1 is 1.04 bits per heavy atom. The summed E-state index contributed by atoms with van der Waals surface area (Å²) in [7, 11) is 0. The summed E-state index contributed by atoms with van der Waals surface area (Å²) in [6, 6.07) is 17.5. The Morgan fingerprint density at radius 3 is 2.56 bits per heavy atom. The van der Waals surface area contributed by atoms with Crippen molar-refractivity contribution < 1.29 is 4.39 Å². The van der Waals surface area contributed by atoms with Gasteiger partial charge in [0.2, 0.25) is 0 Å². The summed E-state index contributed by atoms with van der Waals surface area (Å²) in [5.74, 6) is 2.45. The maximum Gasteiger partial charge on any atom is 0.191 e. The molecule has 0 aliphatic heterocycles. The molecular weight excluding hydrogens is 333 g/mol. The third kappa shape index (κ3) is 3.33. The van der Waals surface area contributed by atoms with Gasteiger partial charge in [0.25, 0.3) is 0 Å². The van der Waals surface area contributed by atoms with Crippen LogP contribution in [-0.2, 0) is 12.3 Å². The summed E-state index contributed by atoms with van der Waals surface area (Å²) < 4.78 is 16.0. The van der Waals surface area contributed by atoms with Crippen molar-refractivity contribution >= 4 is 11.8 Å². The van der Waals surface area contributed by atoms with Crippen LogP contribution in [0.1, 0.15) is 42.1 Å². The van der Waals surface area contributed by atoms with Crippen molar-refractivity contribution in [2.45, 2.75) is 42.6 Å². The minimum Gasteiger partial charge on any atom is -0.306 e. The molecule has 1 heterocycles. The highest BCUT2D eigenvalue weighted by molar-refractivity contribution is 7.98. The zero-order valence-corrected chi connectivity index (χ0v) is 14.9. The fourth-order valence-corrected chi connectivity index (χ4v) is 4.28. The maximum absolute atomic E-state index is 13.8. The Morgan fingerprint density at radius 2 is 1.80 bits per heavy atom. The molecule has 0 saturated heterocycles. The van der Waals surface area contributed by atoms with Crippen molar-refractivity contribution in [3.8, 4) is 0 Å². The molecule has 3 aromatic rings. The molecule has 1 fully saturated rings. The van der Waals surface area contributed by atoms with Crippen LogP contribution >= 0.6 is 11.8 Å². The van der Waals surface area contributed by atoms with E-state index in [9.17, 15) is 4.39 Å². The lowest BCUT2D eigenvalue weighted by Crippen LogP contribution is -2.03. The Kier molecular flexibility index (Phi) is 4.57. The van der Waals surface area contributed by atoms with Crippen molar-refractivity contribution in [2.75, 3.05) is 0 Å². The van der Waals surface area contributed by atoms with Gasteiger partial charge in [-0.2, -0.15) is 0 Å². The van der Waals surface area contributed by atoms with Crippen LogP contribution < -0.4 is 0 Å². The van der Waals surface area contributed by atoms with Crippen LogP contribution in [0.5, 0.6) is 0 Å². The molecule has 0 N–H and O–H groups in total. The van der Waals surface area contributed by atoms with Crippen molar-refractivity contribution in [3.63, 3.8) is 0 Å². The van der Waals surface area contributed by atoms with Gasteiger partial charge in [0.05, 0.1) is 0 Å². The van der Waals surface area contributed by atoms with Crippen LogP contribution in [0.25, 0.3) is 0 Å². The van der Waals surface area contributed by atoms with Gasteiger partial charge in [0, 0.05) is 18.2 Å². The van der Waals surface area contributed by atoms with Gasteiger partial charge in [-0.25, -0.2) is 4.39 Å². The van der Waals surface area contributed by atoms with E-state index in [0.717, 1.165) is 23.9 Å². The Balaban J connectivity index is 1.50. The van der Waals surface area contributed by atoms with E-state index in [0.29, 0.717) is 23.2 Å². The number of aromatic nitrogens is 3. The molecule has 0 radical (unpaired) electrons. The average Bonchev–Trinajstić information content (AvgIpc) is 3.34. The smallest absolute Gasteiger partial charge is 0.191 e. The minimum absolute atomic E-state index is 0.163. The number of thioether (sulfide) groups is 1. The molecule has 0 spiro atoms. The zero-order valence-electron chi connectivity index (χ0n) is 14.1. The minimum atomic E-state index is -0.163. The first kappa shape index (κ1) is 16.3. The Hall–Kier alpha value is -2.14. The van der Waals surface area contributed by atoms with Crippen LogP contribution in [0, 0.1) is 5.82 Å². The monoisotopic (exact) mass is 353 g/mol. The first-order valence-electron chi connectivity index (χ1n) is 8.62. The third-order valence-electron chi connectivity index (χ3n) is 4.73. The van der Waals surface area contributed by atoms with Crippen molar-refractivity contribution in [1.29, 1.82) is 0 Å². The summed E-state index contributed by atoms with van der Waals surface area (Å²) >= 11 is 1.55. The van der Waals surface area contributed by atoms with Gasteiger partial charge in [0.1, 0.15) is 11.6 Å². The molecule has 3 nitrogen and oxygen atoms in total. The van der Waals surface area contributed by atoms with Crippen LogP contribution in [0.3, 0.4) is 0 Å². The van der Waals surface area contributed by atoms with Crippen LogP contribution in [0.2, 0.25) is 0 Å². The summed E-state index contributed by atoms with van der Waals surface area (Å²) in [4.78, 5) is 0. The van der Waals surface area contributed by atoms with Crippen molar-refractivity contribution in [3.05, 3.63) is 77.4 Å². The number of hydrogen-bond acceptors (Lipinski definition) is 3. The van der Waals surface area contributed by atoms with Crippen LogP contribution in [0.15, 0.2) is 59.8 Å². The Bertz CT molecular complexity index is 862. The number of hydrogen-bond donors (Lipinski definition) is 0. The molecule has 1 saturated carbocycles. The van der Waals surface area contributed by atoms with E-state index in [2.05, 4.69) is 46.0 Å². The standard InChI is InChI=1S/C20H20FN3S/c1-2-24-19(17-12-16(17)14-8-4-3-5-9-14)22-23-20(24)25-13-15-10-6-7-11-18(15)21/h3-11,16-17H,2,12-13H2,1H3. The highest BCUT2D eigenvalue weighted by Crippen LogP contribution is 2.54. The molecule has 1 aliphatic carbocycles. The van der Waals surface area contributed by atoms with E-state index in [1.807, 2.05) is 18.2 Å². The van der Waals surface area contributed by atoms with Crippen molar-refractivity contribution in [2.24, 2.45) is 0 Å². The molecule has 4 rings (SSSR count). The van der Waals surface area contributed by atoms with Gasteiger partial charge >= 0.3 is 0 Å². The maximum atomic E-state index is 13.8. The molecule has 25 heavy (non-hydrogen) atoms. The fraction of sp³-hybridized carbons (Fsp3) is 0.300. The molecular formula is C20H20FN3S. The van der Waals surface area contributed by atoms with Gasteiger partial charge in [-0.15, -0.1) is 10.2 Å². The average molecular weight is 353 g/mol. The topological polar surface area (TPSA) is 30.7 Å². The summed E-state index contributed by atoms with van der Waals surface area (Å²) in [6.07, 6.45) is 1.13. The molecule has 5 heteroatoms. The molecule has 0 bridgehead atoms. The summed E-state index contributed by atoms with van der Waals surface area (Å²) in [5, 5.41) is 9.71. The zero-order chi connectivity index (χ0) is 17.2. The second-order valence-electron chi connectivity index (χ2n) is 6.32. The predicted molar refractivity (Wildman–Crippen MR) is 98.2 cm³/mol. The van der Waals surface area contributed by atoms with Crippen LogP contribution in [-0.4, -0.2) is 14.8 Å². The second kappa shape index (κ2) is 7.00. The summed E-state index contributed by atoms with van der Waals surface area (Å²) in [5.41, 5.74) is 2.08. The first-order valence-corrected chi connectivity index (χ1v) is 9.60. The van der Waals surface area contributed by atoms with E-state index >= 15 is 0 Å². The first-order chi connectivity index (χ1) is 12.3. The quantitative estimate of drug-likeness (QED) is 0.584. The molecule has 0 amide bonds. The summed E-state index contributed by atoms with van der Waals surface area (Å²) in [6.45, 7) is 2.94.